The Bertz CT molecular complexity index is 379. The number of nitrogens with zero attached hydrogens (tertiary/aromatic N) is 3. The highest BCUT2D eigenvalue weighted by Gasteiger charge is 2.31. The van der Waals surface area contributed by atoms with Gasteiger partial charge in [-0.2, -0.15) is 0 Å². The van der Waals surface area contributed by atoms with Crippen molar-refractivity contribution in [3.63, 3.8) is 0 Å². The summed E-state index contributed by atoms with van der Waals surface area (Å²) in [6.07, 6.45) is 3.29. The lowest BCUT2D eigenvalue weighted by molar-refractivity contribution is -0.116. The van der Waals surface area contributed by atoms with Crippen LogP contribution < -0.4 is 4.90 Å². The zero-order valence-corrected chi connectivity index (χ0v) is 8.49. The van der Waals surface area contributed by atoms with E-state index in [9.17, 15) is 4.79 Å². The van der Waals surface area contributed by atoms with Crippen LogP contribution >= 0.6 is 12.2 Å². The second-order valence-electron chi connectivity index (χ2n) is 3.08. The molecule has 0 saturated carbocycles. The SMILES string of the molecule is CN1CC(=O)N(c2cccnc2)C1=S. The number of pyridine rings is 1. The maximum Gasteiger partial charge on any atom is 0.252 e. The molecule has 1 aliphatic heterocycles. The van der Waals surface area contributed by atoms with Crippen molar-refractivity contribution in [3.8, 4) is 0 Å². The smallest absolute Gasteiger partial charge is 0.252 e. The number of anilines is 1. The molecule has 0 bridgehead atoms. The molecule has 4 nitrogen and oxygen atoms in total. The summed E-state index contributed by atoms with van der Waals surface area (Å²) in [7, 11) is 1.80. The van der Waals surface area contributed by atoms with Gasteiger partial charge in [0, 0.05) is 13.2 Å². The van der Waals surface area contributed by atoms with E-state index in [1.54, 1.807) is 30.4 Å². The minimum Gasteiger partial charge on any atom is -0.342 e. The highest BCUT2D eigenvalue weighted by atomic mass is 32.1. The molecule has 2 heterocycles. The first kappa shape index (κ1) is 9.08. The average molecular weight is 207 g/mol. The largest absolute Gasteiger partial charge is 0.342 e. The Hall–Kier alpha value is -1.49. The van der Waals surface area contributed by atoms with Crippen molar-refractivity contribution in [2.45, 2.75) is 0 Å². The lowest BCUT2D eigenvalue weighted by Gasteiger charge is -2.16. The second kappa shape index (κ2) is 3.34. The number of rotatable bonds is 1. The molecule has 14 heavy (non-hydrogen) atoms. The summed E-state index contributed by atoms with van der Waals surface area (Å²) >= 11 is 5.13. The third-order valence-corrected chi connectivity index (χ3v) is 2.54. The maximum absolute atomic E-state index is 11.6. The molecule has 0 aromatic carbocycles. The predicted molar refractivity (Wildman–Crippen MR) is 57.0 cm³/mol. The van der Waals surface area contributed by atoms with Gasteiger partial charge in [0.25, 0.3) is 5.91 Å². The van der Waals surface area contributed by atoms with E-state index in [-0.39, 0.29) is 5.91 Å². The topological polar surface area (TPSA) is 36.4 Å². The van der Waals surface area contributed by atoms with Gasteiger partial charge in [0.1, 0.15) is 0 Å². The minimum atomic E-state index is -0.00880. The van der Waals surface area contributed by atoms with E-state index < -0.39 is 0 Å². The molecule has 0 aliphatic carbocycles. The Kier molecular flexibility index (Phi) is 2.17. The molecule has 0 unspecified atom stereocenters. The fourth-order valence-corrected chi connectivity index (χ4v) is 1.63. The third kappa shape index (κ3) is 1.35. The van der Waals surface area contributed by atoms with E-state index in [0.717, 1.165) is 5.69 Å². The average Bonchev–Trinajstić information content (AvgIpc) is 2.43. The summed E-state index contributed by atoms with van der Waals surface area (Å²) in [5.74, 6) is -0.00880. The number of thiocarbonyl (C=S) groups is 1. The van der Waals surface area contributed by atoms with Crippen LogP contribution in [0.2, 0.25) is 0 Å². The molecular weight excluding hydrogens is 198 g/mol. The van der Waals surface area contributed by atoms with Gasteiger partial charge in [-0.15, -0.1) is 0 Å². The van der Waals surface area contributed by atoms with E-state index in [4.69, 9.17) is 12.2 Å². The molecule has 1 saturated heterocycles. The molecule has 1 amide bonds. The van der Waals surface area contributed by atoms with Crippen LogP contribution in [0.25, 0.3) is 0 Å². The molecule has 0 radical (unpaired) electrons. The number of carbonyl (C=O) groups is 1. The first-order valence-electron chi connectivity index (χ1n) is 4.18. The fourth-order valence-electron chi connectivity index (χ4n) is 1.36. The number of amides is 1. The predicted octanol–water partition coefficient (Wildman–Crippen LogP) is 0.645. The third-order valence-electron chi connectivity index (χ3n) is 2.04. The number of hydrogen-bond donors (Lipinski definition) is 0. The number of carbonyl (C=O) groups excluding carboxylic acids is 1. The zero-order chi connectivity index (χ0) is 10.1. The second-order valence-corrected chi connectivity index (χ2v) is 3.44. The first-order valence-corrected chi connectivity index (χ1v) is 4.59. The standard InChI is InChI=1S/C9H9N3OS/c1-11-6-8(13)12(9(11)14)7-3-2-4-10-5-7/h2-5H,6H2,1H3. The molecule has 72 valence electrons. The van der Waals surface area contributed by atoms with Crippen molar-refractivity contribution >= 4 is 28.9 Å². The number of likely N-dealkylation sites (N-methyl/N-ethyl adjacent to an activating group) is 1. The summed E-state index contributed by atoms with van der Waals surface area (Å²) in [6, 6.07) is 3.60. The van der Waals surface area contributed by atoms with Crippen LogP contribution in [0.1, 0.15) is 0 Å². The lowest BCUT2D eigenvalue weighted by Crippen LogP contribution is -2.31. The highest BCUT2D eigenvalue weighted by Crippen LogP contribution is 2.18. The Balaban J connectivity index is 2.36. The molecule has 1 fully saturated rings. The molecule has 1 aliphatic rings. The Labute approximate surface area is 87.1 Å². The van der Waals surface area contributed by atoms with E-state index in [1.807, 2.05) is 6.07 Å². The number of aromatic nitrogens is 1. The number of hydrogen-bond acceptors (Lipinski definition) is 3. The van der Waals surface area contributed by atoms with E-state index in [1.165, 1.54) is 4.90 Å². The van der Waals surface area contributed by atoms with Crippen molar-refractivity contribution in [2.24, 2.45) is 0 Å². The lowest BCUT2D eigenvalue weighted by atomic mass is 10.4. The van der Waals surface area contributed by atoms with Gasteiger partial charge in [0.15, 0.2) is 5.11 Å². The summed E-state index contributed by atoms with van der Waals surface area (Å²) in [5.41, 5.74) is 0.729. The van der Waals surface area contributed by atoms with Crippen molar-refractivity contribution < 1.29 is 4.79 Å². The Morgan fingerprint density at radius 2 is 2.36 bits per heavy atom. The molecule has 0 atom stereocenters. The van der Waals surface area contributed by atoms with E-state index >= 15 is 0 Å². The van der Waals surface area contributed by atoms with Crippen molar-refractivity contribution in [1.82, 2.24) is 9.88 Å². The van der Waals surface area contributed by atoms with Crippen LogP contribution in [0.5, 0.6) is 0 Å². The molecule has 1 aromatic rings. The van der Waals surface area contributed by atoms with Crippen LogP contribution in [0.4, 0.5) is 5.69 Å². The van der Waals surface area contributed by atoms with Gasteiger partial charge in [0.2, 0.25) is 0 Å². The monoisotopic (exact) mass is 207 g/mol. The molecule has 1 aromatic heterocycles. The van der Waals surface area contributed by atoms with Gasteiger partial charge >= 0.3 is 0 Å². The van der Waals surface area contributed by atoms with Crippen molar-refractivity contribution in [2.75, 3.05) is 18.5 Å². The van der Waals surface area contributed by atoms with E-state index in [0.29, 0.717) is 11.7 Å². The van der Waals surface area contributed by atoms with Crippen LogP contribution in [0.15, 0.2) is 24.5 Å². The zero-order valence-electron chi connectivity index (χ0n) is 7.67. The van der Waals surface area contributed by atoms with Crippen molar-refractivity contribution in [1.29, 1.82) is 0 Å². The Morgan fingerprint density at radius 1 is 1.57 bits per heavy atom. The van der Waals surface area contributed by atoms with Gasteiger partial charge < -0.3 is 4.90 Å². The molecule has 5 heteroatoms. The molecular formula is C9H9N3OS. The van der Waals surface area contributed by atoms with Gasteiger partial charge in [-0.3, -0.25) is 14.7 Å². The van der Waals surface area contributed by atoms with Gasteiger partial charge in [-0.25, -0.2) is 0 Å². The molecule has 0 spiro atoms. The maximum atomic E-state index is 11.6. The quantitative estimate of drug-likeness (QED) is 0.633. The van der Waals surface area contributed by atoms with Crippen LogP contribution in [-0.2, 0) is 4.79 Å². The first-order chi connectivity index (χ1) is 6.70. The van der Waals surface area contributed by atoms with Gasteiger partial charge in [-0.1, -0.05) is 0 Å². The van der Waals surface area contributed by atoms with E-state index in [2.05, 4.69) is 4.98 Å². The minimum absolute atomic E-state index is 0.00880. The van der Waals surface area contributed by atoms with Crippen LogP contribution in [0, 0.1) is 0 Å². The summed E-state index contributed by atoms with van der Waals surface area (Å²) in [6.45, 7) is 0.341. The summed E-state index contributed by atoms with van der Waals surface area (Å²) in [4.78, 5) is 18.8. The van der Waals surface area contributed by atoms with Crippen LogP contribution in [0.3, 0.4) is 0 Å². The van der Waals surface area contributed by atoms with Crippen LogP contribution in [-0.4, -0.2) is 34.5 Å². The molecule has 2 rings (SSSR count). The summed E-state index contributed by atoms with van der Waals surface area (Å²) in [5, 5.41) is 0.531. The van der Waals surface area contributed by atoms with Gasteiger partial charge in [0.05, 0.1) is 18.4 Å². The highest BCUT2D eigenvalue weighted by molar-refractivity contribution is 7.80. The Morgan fingerprint density at radius 3 is 2.86 bits per heavy atom. The summed E-state index contributed by atoms with van der Waals surface area (Å²) < 4.78 is 0. The van der Waals surface area contributed by atoms with Crippen molar-refractivity contribution in [3.05, 3.63) is 24.5 Å². The van der Waals surface area contributed by atoms with Gasteiger partial charge in [-0.05, 0) is 24.4 Å². The normalized spacial score (nSPS) is 16.6. The molecule has 0 N–H and O–H groups in total. The fraction of sp³-hybridized carbons (Fsp3) is 0.222.